The van der Waals surface area contributed by atoms with E-state index in [1.54, 1.807) is 53.2 Å². The lowest BCUT2D eigenvalue weighted by molar-refractivity contribution is -0.155. The molecule has 1 aliphatic carbocycles. The number of methoxy groups -OCH3 is 2. The number of benzene rings is 2. The van der Waals surface area contributed by atoms with E-state index >= 15 is 0 Å². The van der Waals surface area contributed by atoms with Crippen molar-refractivity contribution in [1.82, 2.24) is 9.80 Å². The van der Waals surface area contributed by atoms with Gasteiger partial charge >= 0.3 is 6.09 Å². The summed E-state index contributed by atoms with van der Waals surface area (Å²) in [6.07, 6.45) is 2.99. The summed E-state index contributed by atoms with van der Waals surface area (Å²) in [6, 6.07) is 11.0. The predicted molar refractivity (Wildman–Crippen MR) is 174 cm³/mol. The van der Waals surface area contributed by atoms with Crippen LogP contribution in [0, 0.1) is 5.92 Å². The molecule has 0 radical (unpaired) electrons. The fourth-order valence-corrected chi connectivity index (χ4v) is 6.01. The number of carbonyl (C=O) groups is 2. The molecule has 2 amide bonds. The molecule has 9 nitrogen and oxygen atoms in total. The van der Waals surface area contributed by atoms with E-state index in [4.69, 9.17) is 42.1 Å². The van der Waals surface area contributed by atoms with Gasteiger partial charge in [-0.1, -0.05) is 35.3 Å². The van der Waals surface area contributed by atoms with Crippen molar-refractivity contribution in [2.24, 2.45) is 5.92 Å². The first-order chi connectivity index (χ1) is 21.3. The fourth-order valence-electron chi connectivity index (χ4n) is 5.71. The summed E-state index contributed by atoms with van der Waals surface area (Å²) in [5.74, 6) is -0.480. The maximum Gasteiger partial charge on any atom is 0.410 e. The van der Waals surface area contributed by atoms with Crippen LogP contribution in [0.2, 0.25) is 10.0 Å². The molecule has 2 aromatic carbocycles. The smallest absolute Gasteiger partial charge is 0.410 e. The molecule has 1 saturated heterocycles. The minimum absolute atomic E-state index is 0.00382. The standard InChI is InChI=1S/C34H46Cl2N2O7/c1-33(2,3)45-32(40)37-13-12-34(41,25-8-11-29(35)30(36)20-25)28(22-37)31(39)38(26-9-10-26)21-24-17-23(7-6-14-42-4)18-27(19-24)44-16-15-43-5/h8,11,17-20,26,28,41H,6-7,9-10,12-16,21-22H2,1-5H3/t28-,34+/m1/s1. The first-order valence-electron chi connectivity index (χ1n) is 15.5. The maximum absolute atomic E-state index is 14.6. The molecule has 0 unspecified atom stereocenters. The van der Waals surface area contributed by atoms with Crippen molar-refractivity contribution >= 4 is 35.2 Å². The van der Waals surface area contributed by atoms with Crippen LogP contribution in [0.1, 0.15) is 63.1 Å². The van der Waals surface area contributed by atoms with Crippen LogP contribution in [0.15, 0.2) is 36.4 Å². The highest BCUT2D eigenvalue weighted by Gasteiger charge is 2.51. The molecule has 0 bridgehead atoms. The van der Waals surface area contributed by atoms with Gasteiger partial charge in [0.1, 0.15) is 23.6 Å². The zero-order chi connectivity index (χ0) is 32.8. The number of aryl methyl sites for hydroxylation is 1. The van der Waals surface area contributed by atoms with Crippen LogP contribution >= 0.6 is 23.2 Å². The molecule has 1 N–H and O–H groups in total. The van der Waals surface area contributed by atoms with E-state index < -0.39 is 23.2 Å². The van der Waals surface area contributed by atoms with Gasteiger partial charge in [-0.05, 0) is 93.8 Å². The summed E-state index contributed by atoms with van der Waals surface area (Å²) in [4.78, 5) is 31.2. The van der Waals surface area contributed by atoms with Crippen molar-refractivity contribution in [2.75, 3.05) is 47.1 Å². The first kappa shape index (κ1) is 35.3. The van der Waals surface area contributed by atoms with E-state index in [2.05, 4.69) is 6.07 Å². The average Bonchev–Trinajstić information content (AvgIpc) is 3.82. The summed E-state index contributed by atoms with van der Waals surface area (Å²) in [7, 11) is 3.31. The third-order valence-corrected chi connectivity index (χ3v) is 8.87. The molecule has 2 aliphatic rings. The summed E-state index contributed by atoms with van der Waals surface area (Å²) in [5, 5.41) is 12.9. The van der Waals surface area contributed by atoms with Gasteiger partial charge in [0.15, 0.2) is 0 Å². The topological polar surface area (TPSA) is 97.8 Å². The van der Waals surface area contributed by atoms with Crippen LogP contribution in [0.3, 0.4) is 0 Å². The molecular formula is C34H46Cl2N2O7. The number of nitrogens with zero attached hydrogens (tertiary/aromatic N) is 2. The Hall–Kier alpha value is -2.56. The molecule has 4 rings (SSSR count). The highest BCUT2D eigenvalue weighted by molar-refractivity contribution is 6.42. The summed E-state index contributed by atoms with van der Waals surface area (Å²) in [6.45, 7) is 7.45. The Balaban J connectivity index is 1.67. The zero-order valence-electron chi connectivity index (χ0n) is 26.9. The monoisotopic (exact) mass is 664 g/mol. The molecule has 2 atom stereocenters. The van der Waals surface area contributed by atoms with E-state index in [1.165, 1.54) is 4.90 Å². The van der Waals surface area contributed by atoms with Crippen LogP contribution in [-0.4, -0.2) is 85.7 Å². The van der Waals surface area contributed by atoms with E-state index in [9.17, 15) is 14.7 Å². The van der Waals surface area contributed by atoms with E-state index in [0.717, 1.165) is 36.8 Å². The predicted octanol–water partition coefficient (Wildman–Crippen LogP) is 6.23. The second kappa shape index (κ2) is 15.4. The number of likely N-dealkylation sites (tertiary alicyclic amines) is 1. The van der Waals surface area contributed by atoms with Crippen molar-refractivity contribution in [3.05, 3.63) is 63.1 Å². The minimum atomic E-state index is -1.58. The number of hydrogen-bond acceptors (Lipinski definition) is 7. The van der Waals surface area contributed by atoms with Gasteiger partial charge in [-0.3, -0.25) is 4.79 Å². The Morgan fingerprint density at radius 1 is 1.00 bits per heavy atom. The molecule has 1 heterocycles. The van der Waals surface area contributed by atoms with E-state index in [-0.39, 0.29) is 36.5 Å². The molecule has 1 aliphatic heterocycles. The number of piperidine rings is 1. The lowest BCUT2D eigenvalue weighted by atomic mass is 9.75. The van der Waals surface area contributed by atoms with Crippen molar-refractivity contribution < 1.29 is 33.6 Å². The van der Waals surface area contributed by atoms with Gasteiger partial charge in [-0.25, -0.2) is 4.79 Å². The second-order valence-electron chi connectivity index (χ2n) is 12.9. The molecule has 45 heavy (non-hydrogen) atoms. The molecular weight excluding hydrogens is 619 g/mol. The highest BCUT2D eigenvalue weighted by Crippen LogP contribution is 2.42. The SMILES string of the molecule is COCCCc1cc(CN(C(=O)[C@H]2CN(C(=O)OC(C)(C)C)CC[C@]2(O)c2ccc(Cl)c(Cl)c2)C2CC2)cc(OCCOC)c1. The number of ether oxygens (including phenoxy) is 4. The zero-order valence-corrected chi connectivity index (χ0v) is 28.5. The quantitative estimate of drug-likeness (QED) is 0.253. The van der Waals surface area contributed by atoms with Crippen LogP contribution in [-0.2, 0) is 37.6 Å². The van der Waals surface area contributed by atoms with E-state index in [0.29, 0.717) is 42.7 Å². The first-order valence-corrected chi connectivity index (χ1v) is 16.3. The molecule has 1 saturated carbocycles. The van der Waals surface area contributed by atoms with Gasteiger partial charge in [-0.15, -0.1) is 0 Å². The maximum atomic E-state index is 14.6. The summed E-state index contributed by atoms with van der Waals surface area (Å²) >= 11 is 12.6. The van der Waals surface area contributed by atoms with Crippen LogP contribution in [0.25, 0.3) is 0 Å². The van der Waals surface area contributed by atoms with Crippen LogP contribution in [0.4, 0.5) is 4.79 Å². The van der Waals surface area contributed by atoms with E-state index in [1.807, 2.05) is 17.0 Å². The molecule has 0 aromatic heterocycles. The molecule has 11 heteroatoms. The van der Waals surface area contributed by atoms with Gasteiger partial charge in [0.25, 0.3) is 0 Å². The van der Waals surface area contributed by atoms with Gasteiger partial charge in [0.2, 0.25) is 5.91 Å². The third kappa shape index (κ3) is 9.48. The van der Waals surface area contributed by atoms with Gasteiger partial charge in [0.05, 0.1) is 22.6 Å². The lowest BCUT2D eigenvalue weighted by Crippen LogP contribution is -2.58. The third-order valence-electron chi connectivity index (χ3n) is 8.13. The van der Waals surface area contributed by atoms with Gasteiger partial charge in [-0.2, -0.15) is 0 Å². The number of carbonyl (C=O) groups excluding carboxylic acids is 2. The Bertz CT molecular complexity index is 1300. The highest BCUT2D eigenvalue weighted by atomic mass is 35.5. The Labute approximate surface area is 276 Å². The normalized spacial score (nSPS) is 20.2. The fraction of sp³-hybridized carbons (Fsp3) is 0.588. The Kier molecular flexibility index (Phi) is 12.0. The van der Waals surface area contributed by atoms with Crippen molar-refractivity contribution in [3.8, 4) is 5.75 Å². The Morgan fingerprint density at radius 3 is 2.36 bits per heavy atom. The number of aliphatic hydroxyl groups is 1. The second-order valence-corrected chi connectivity index (χ2v) is 13.7. The molecule has 0 spiro atoms. The van der Waals surface area contributed by atoms with Gasteiger partial charge < -0.3 is 33.9 Å². The number of halogens is 2. The summed E-state index contributed by atoms with van der Waals surface area (Å²) < 4.78 is 22.0. The molecule has 2 aromatic rings. The van der Waals surface area contributed by atoms with Crippen LogP contribution in [0.5, 0.6) is 5.75 Å². The van der Waals surface area contributed by atoms with Gasteiger partial charge in [0, 0.05) is 46.5 Å². The lowest BCUT2D eigenvalue weighted by Gasteiger charge is -2.45. The molecule has 2 fully saturated rings. The summed E-state index contributed by atoms with van der Waals surface area (Å²) in [5.41, 5.74) is 0.221. The van der Waals surface area contributed by atoms with Crippen molar-refractivity contribution in [1.29, 1.82) is 0 Å². The minimum Gasteiger partial charge on any atom is -0.491 e. The number of rotatable bonds is 13. The van der Waals surface area contributed by atoms with Crippen molar-refractivity contribution in [2.45, 2.75) is 76.7 Å². The number of amides is 2. The number of hydrogen-bond donors (Lipinski definition) is 1. The molecule has 248 valence electrons. The Morgan fingerprint density at radius 2 is 1.71 bits per heavy atom. The van der Waals surface area contributed by atoms with Crippen molar-refractivity contribution in [3.63, 3.8) is 0 Å². The average molecular weight is 666 g/mol. The van der Waals surface area contributed by atoms with Crippen LogP contribution < -0.4 is 4.74 Å². The largest absolute Gasteiger partial charge is 0.491 e.